The zero-order valence-corrected chi connectivity index (χ0v) is 11.4. The fourth-order valence-corrected chi connectivity index (χ4v) is 2.40. The van der Waals surface area contributed by atoms with E-state index in [1.54, 1.807) is 36.4 Å². The summed E-state index contributed by atoms with van der Waals surface area (Å²) in [4.78, 5) is 20.8. The van der Waals surface area contributed by atoms with Gasteiger partial charge in [0.15, 0.2) is 6.20 Å². The average molecular weight is 290 g/mol. The molecule has 0 saturated heterocycles. The Morgan fingerprint density at radius 3 is 2.27 bits per heavy atom. The van der Waals surface area contributed by atoms with Gasteiger partial charge in [0.25, 0.3) is 0 Å². The summed E-state index contributed by atoms with van der Waals surface area (Å²) in [6.45, 7) is 0. The Morgan fingerprint density at radius 2 is 1.55 bits per heavy atom. The zero-order chi connectivity index (χ0) is 15.1. The first-order valence-corrected chi connectivity index (χ1v) is 6.72. The van der Waals surface area contributed by atoms with Gasteiger partial charge in [-0.1, -0.05) is 47.4 Å². The van der Waals surface area contributed by atoms with Crippen LogP contribution in [0.15, 0.2) is 60.8 Å². The smallest absolute Gasteiger partial charge is 0.409 e. The van der Waals surface area contributed by atoms with E-state index in [1.807, 2.05) is 18.2 Å². The van der Waals surface area contributed by atoms with Crippen LogP contribution in [-0.4, -0.2) is 14.7 Å². The second-order valence-corrected chi connectivity index (χ2v) is 4.86. The van der Waals surface area contributed by atoms with Crippen molar-refractivity contribution in [1.82, 2.24) is 14.7 Å². The van der Waals surface area contributed by atoms with Gasteiger partial charge in [-0.25, -0.2) is 4.98 Å². The van der Waals surface area contributed by atoms with Gasteiger partial charge >= 0.3 is 5.65 Å². The van der Waals surface area contributed by atoms with Crippen LogP contribution in [0.4, 0.5) is 0 Å². The van der Waals surface area contributed by atoms with Gasteiger partial charge < -0.3 is 9.94 Å². The molecule has 0 radical (unpaired) electrons. The molecule has 22 heavy (non-hydrogen) atoms. The Hall–Kier alpha value is -3.28. The van der Waals surface area contributed by atoms with Gasteiger partial charge in [-0.2, -0.15) is 0 Å². The van der Waals surface area contributed by atoms with Crippen LogP contribution in [0.25, 0.3) is 33.6 Å². The van der Waals surface area contributed by atoms with Crippen LogP contribution in [0.3, 0.4) is 0 Å². The lowest BCUT2D eigenvalue weighted by atomic mass is 10.2. The molecule has 106 valence electrons. The molecule has 6 heteroatoms. The first-order chi connectivity index (χ1) is 10.7. The standard InChI is InChI=1S/C16H10N4O2/c21-19-10-14(11-6-2-1-3-7-11)20(22)16-15(19)17-12-8-4-5-9-13(12)18-16/h1-10H. The highest BCUT2D eigenvalue weighted by molar-refractivity contribution is 5.82. The van der Waals surface area contributed by atoms with E-state index in [2.05, 4.69) is 9.97 Å². The fourth-order valence-electron chi connectivity index (χ4n) is 2.40. The summed E-state index contributed by atoms with van der Waals surface area (Å²) in [5, 5.41) is 12.6. The van der Waals surface area contributed by atoms with E-state index in [-0.39, 0.29) is 17.0 Å². The third-order valence-corrected chi connectivity index (χ3v) is 3.46. The summed E-state index contributed by atoms with van der Waals surface area (Å²) in [6.07, 6.45) is 1.23. The third-order valence-electron chi connectivity index (χ3n) is 3.46. The molecule has 0 saturated carbocycles. The number of benzene rings is 2. The lowest BCUT2D eigenvalue weighted by molar-refractivity contribution is -0.466. The lowest BCUT2D eigenvalue weighted by Crippen LogP contribution is -2.21. The molecule has 0 aliphatic heterocycles. The number of aromatic nitrogens is 4. The summed E-state index contributed by atoms with van der Waals surface area (Å²) >= 11 is 0. The molecule has 2 aromatic heterocycles. The van der Waals surface area contributed by atoms with E-state index >= 15 is 0 Å². The van der Waals surface area contributed by atoms with E-state index in [0.717, 1.165) is 0 Å². The Morgan fingerprint density at radius 1 is 0.909 bits per heavy atom. The number of hydrogen-bond donors (Lipinski definition) is 0. The lowest BCUT2D eigenvalue weighted by Gasteiger charge is -2.16. The van der Waals surface area contributed by atoms with Crippen LogP contribution < -0.4 is 4.43 Å². The molecular weight excluding hydrogens is 280 g/mol. The second-order valence-electron chi connectivity index (χ2n) is 4.86. The maximum Gasteiger partial charge on any atom is 0.409 e. The number of rotatable bonds is 1. The zero-order valence-electron chi connectivity index (χ0n) is 11.4. The van der Waals surface area contributed by atoms with Gasteiger partial charge in [0.05, 0.1) is 5.69 Å². The molecule has 6 nitrogen and oxygen atoms in total. The molecule has 0 bridgehead atoms. The minimum Gasteiger partial charge on any atom is -0.804 e. The van der Waals surface area contributed by atoms with Crippen LogP contribution in [0.5, 0.6) is 0 Å². The quantitative estimate of drug-likeness (QED) is 0.398. The number of nitrogens with zero attached hydrogens (tertiary/aromatic N) is 4. The van der Waals surface area contributed by atoms with Crippen LogP contribution in [0, 0.1) is 10.1 Å². The molecule has 0 amide bonds. The predicted octanol–water partition coefficient (Wildman–Crippen LogP) is 2.51. The van der Waals surface area contributed by atoms with Crippen molar-refractivity contribution < 1.29 is 4.43 Å². The second kappa shape index (κ2) is 4.63. The molecule has 0 aliphatic carbocycles. The highest BCUT2D eigenvalue weighted by Gasteiger charge is 2.17. The molecule has 0 unspecified atom stereocenters. The van der Waals surface area contributed by atoms with E-state index in [1.165, 1.54) is 6.20 Å². The summed E-state index contributed by atoms with van der Waals surface area (Å²) in [5.74, 6) is 0. The first kappa shape index (κ1) is 12.5. The minimum atomic E-state index is 0.00776. The van der Waals surface area contributed by atoms with E-state index in [4.69, 9.17) is 0 Å². The van der Waals surface area contributed by atoms with Gasteiger partial charge in [-0.15, -0.1) is 0 Å². The first-order valence-electron chi connectivity index (χ1n) is 6.72. The van der Waals surface area contributed by atoms with Crippen molar-refractivity contribution in [2.75, 3.05) is 0 Å². The van der Waals surface area contributed by atoms with E-state index in [9.17, 15) is 10.1 Å². The molecule has 0 fully saturated rings. The Labute approximate surface area is 124 Å². The van der Waals surface area contributed by atoms with Crippen LogP contribution >= 0.6 is 0 Å². The molecular formula is C16H10N4O2. The maximum absolute atomic E-state index is 12.6. The third kappa shape index (κ3) is 1.81. The molecule has 4 aromatic rings. The van der Waals surface area contributed by atoms with Crippen molar-refractivity contribution in [2.24, 2.45) is 0 Å². The maximum atomic E-state index is 12.6. The monoisotopic (exact) mass is 290 g/mol. The van der Waals surface area contributed by atoms with Crippen molar-refractivity contribution in [3.8, 4) is 11.3 Å². The summed E-state index contributed by atoms with van der Waals surface area (Å²) in [5.41, 5.74) is 2.06. The highest BCUT2D eigenvalue weighted by Crippen LogP contribution is 2.20. The molecule has 0 spiro atoms. The predicted molar refractivity (Wildman–Crippen MR) is 82.6 cm³/mol. The van der Waals surface area contributed by atoms with Gasteiger partial charge in [0.1, 0.15) is 5.52 Å². The number of fused-ring (bicyclic) bond motifs is 2. The van der Waals surface area contributed by atoms with Crippen molar-refractivity contribution in [2.45, 2.75) is 0 Å². The molecule has 0 N–H and O–H groups in total. The largest absolute Gasteiger partial charge is 0.804 e. The van der Waals surface area contributed by atoms with E-state index in [0.29, 0.717) is 25.8 Å². The fraction of sp³-hybridized carbons (Fsp3) is 0. The topological polar surface area (TPSA) is 76.7 Å². The highest BCUT2D eigenvalue weighted by atomic mass is 16.5. The van der Waals surface area contributed by atoms with Crippen molar-refractivity contribution >= 4 is 22.3 Å². The van der Waals surface area contributed by atoms with Gasteiger partial charge in [0, 0.05) is 9.99 Å². The van der Waals surface area contributed by atoms with Crippen molar-refractivity contribution in [3.63, 3.8) is 0 Å². The Balaban J connectivity index is 2.12. The van der Waals surface area contributed by atoms with Crippen molar-refractivity contribution in [1.29, 1.82) is 0 Å². The molecule has 2 aromatic carbocycles. The van der Waals surface area contributed by atoms with Crippen molar-refractivity contribution in [3.05, 3.63) is 70.9 Å². The molecule has 4 rings (SSSR count). The van der Waals surface area contributed by atoms with Gasteiger partial charge in [0.2, 0.25) is 11.2 Å². The van der Waals surface area contributed by atoms with Gasteiger partial charge in [-0.05, 0) is 17.1 Å². The summed E-state index contributed by atoms with van der Waals surface area (Å²) in [7, 11) is 0. The normalized spacial score (nSPS) is 11.1. The SMILES string of the molecule is O=[n+]1cc(-c2ccccc2)n([O-])c2nc3ccccc3nc21. The summed E-state index contributed by atoms with van der Waals surface area (Å²) < 4.78 is 1.24. The van der Waals surface area contributed by atoms with Crippen LogP contribution in [0.2, 0.25) is 0 Å². The molecule has 0 atom stereocenters. The van der Waals surface area contributed by atoms with Crippen LogP contribution in [-0.2, 0) is 0 Å². The van der Waals surface area contributed by atoms with Crippen LogP contribution in [0.1, 0.15) is 0 Å². The Kier molecular flexibility index (Phi) is 2.62. The molecule has 2 heterocycles. The average Bonchev–Trinajstić information content (AvgIpc) is 2.57. The Bertz CT molecular complexity index is 1060. The number of para-hydroxylation sites is 2. The summed E-state index contributed by atoms with van der Waals surface area (Å²) in [6, 6.07) is 16.1. The van der Waals surface area contributed by atoms with E-state index < -0.39 is 0 Å². The minimum absolute atomic E-state index is 0.00776. The number of hydrogen-bond acceptors (Lipinski definition) is 4. The van der Waals surface area contributed by atoms with Gasteiger partial charge in [-0.3, -0.25) is 0 Å². The molecule has 0 aliphatic rings.